The van der Waals surface area contributed by atoms with Gasteiger partial charge in [-0.2, -0.15) is 0 Å². The van der Waals surface area contributed by atoms with Gasteiger partial charge in [0, 0.05) is 6.08 Å². The highest BCUT2D eigenvalue weighted by molar-refractivity contribution is 8.18. The molecule has 1 aliphatic heterocycles. The summed E-state index contributed by atoms with van der Waals surface area (Å²) in [6.07, 6.45) is 1.56. The Kier molecular flexibility index (Phi) is 6.18. The zero-order valence-electron chi connectivity index (χ0n) is 17.9. The van der Waals surface area contributed by atoms with Crippen LogP contribution in [0, 0.1) is 17.0 Å². The van der Waals surface area contributed by atoms with Crippen molar-refractivity contribution in [3.05, 3.63) is 74.9 Å². The monoisotopic (exact) mass is 465 g/mol. The van der Waals surface area contributed by atoms with Gasteiger partial charge in [0.15, 0.2) is 5.17 Å². The topological polar surface area (TPSA) is 116 Å². The largest absolute Gasteiger partial charge is 0.497 e. The zero-order chi connectivity index (χ0) is 23.5. The maximum absolute atomic E-state index is 12.4. The number of ether oxygens (including phenoxy) is 2. The molecular weight excluding hydrogens is 446 g/mol. The average molecular weight is 465 g/mol. The average Bonchev–Trinajstić information content (AvgIpc) is 3.40. The highest BCUT2D eigenvalue weighted by atomic mass is 32.2. The molecule has 3 aromatic rings. The summed E-state index contributed by atoms with van der Waals surface area (Å²) >= 11 is 1.16. The van der Waals surface area contributed by atoms with Crippen LogP contribution in [-0.2, 0) is 4.79 Å². The summed E-state index contributed by atoms with van der Waals surface area (Å²) in [4.78, 5) is 28.3. The molecule has 2 aromatic carbocycles. The number of amidine groups is 1. The van der Waals surface area contributed by atoms with E-state index in [9.17, 15) is 14.9 Å². The van der Waals surface area contributed by atoms with E-state index in [1.165, 1.54) is 13.2 Å². The van der Waals surface area contributed by atoms with E-state index in [0.29, 0.717) is 44.3 Å². The number of nitro benzene ring substituents is 1. The summed E-state index contributed by atoms with van der Waals surface area (Å²) in [7, 11) is 2.99. The summed E-state index contributed by atoms with van der Waals surface area (Å²) in [5.41, 5.74) is 1.78. The first-order chi connectivity index (χ1) is 15.9. The Bertz CT molecular complexity index is 1310. The van der Waals surface area contributed by atoms with E-state index >= 15 is 0 Å². The fraction of sp³-hybridized carbons (Fsp3) is 0.130. The van der Waals surface area contributed by atoms with Crippen molar-refractivity contribution in [3.63, 3.8) is 0 Å². The van der Waals surface area contributed by atoms with Crippen molar-refractivity contribution in [2.45, 2.75) is 6.92 Å². The molecule has 0 radical (unpaired) electrons. The van der Waals surface area contributed by atoms with Gasteiger partial charge in [-0.1, -0.05) is 6.07 Å². The van der Waals surface area contributed by atoms with Gasteiger partial charge >= 0.3 is 0 Å². The Balaban J connectivity index is 1.60. The van der Waals surface area contributed by atoms with Crippen molar-refractivity contribution < 1.29 is 23.6 Å². The van der Waals surface area contributed by atoms with Gasteiger partial charge in [-0.15, -0.1) is 0 Å². The number of thioether (sulfide) groups is 1. The normalized spacial score (nSPS) is 15.7. The van der Waals surface area contributed by atoms with E-state index in [-0.39, 0.29) is 11.6 Å². The molecule has 1 fully saturated rings. The quantitative estimate of drug-likeness (QED) is 0.307. The molecule has 10 heteroatoms. The number of rotatable bonds is 6. The second-order valence-electron chi connectivity index (χ2n) is 7.00. The summed E-state index contributed by atoms with van der Waals surface area (Å²) in [6, 6.07) is 13.4. The first-order valence-electron chi connectivity index (χ1n) is 9.75. The number of hydrogen-bond donors (Lipinski definition) is 1. The molecule has 0 atom stereocenters. The molecular formula is C23H19N3O6S. The first-order valence-corrected chi connectivity index (χ1v) is 10.6. The molecule has 9 nitrogen and oxygen atoms in total. The van der Waals surface area contributed by atoms with Gasteiger partial charge in [0.2, 0.25) is 0 Å². The third-order valence-electron chi connectivity index (χ3n) is 4.77. The maximum Gasteiger partial charge on any atom is 0.284 e. The van der Waals surface area contributed by atoms with Crippen molar-refractivity contribution in [2.75, 3.05) is 14.2 Å². The molecule has 1 saturated heterocycles. The number of nitro groups is 1. The highest BCUT2D eigenvalue weighted by Crippen LogP contribution is 2.36. The number of methoxy groups -OCH3 is 2. The standard InChI is InChI=1S/C23H19N3O6S/c1-13-4-8-20(31-3)17(10-13)24-23-25-22(27)21(33-23)12-15-6-9-19(32-15)16-7-5-14(30-2)11-18(16)26(28)29/h4-12H,1-3H3,(H,24,25,27)/b21-12-. The summed E-state index contributed by atoms with van der Waals surface area (Å²) < 4.78 is 16.2. The van der Waals surface area contributed by atoms with Gasteiger partial charge in [0.05, 0.1) is 35.7 Å². The minimum atomic E-state index is -0.499. The Morgan fingerprint density at radius 2 is 1.94 bits per heavy atom. The predicted octanol–water partition coefficient (Wildman–Crippen LogP) is 5.07. The van der Waals surface area contributed by atoms with Crippen molar-refractivity contribution in [3.8, 4) is 22.8 Å². The summed E-state index contributed by atoms with van der Waals surface area (Å²) in [5, 5.41) is 14.6. The first kappa shape index (κ1) is 22.2. The number of aryl methyl sites for hydroxylation is 1. The fourth-order valence-electron chi connectivity index (χ4n) is 3.18. The van der Waals surface area contributed by atoms with Crippen LogP contribution in [0.15, 0.2) is 62.8 Å². The second kappa shape index (κ2) is 9.21. The van der Waals surface area contributed by atoms with E-state index < -0.39 is 4.92 Å². The maximum atomic E-state index is 12.4. The van der Waals surface area contributed by atoms with Crippen LogP contribution >= 0.6 is 11.8 Å². The number of nitrogens with zero attached hydrogens (tertiary/aromatic N) is 2. The fourth-order valence-corrected chi connectivity index (χ4v) is 3.99. The van der Waals surface area contributed by atoms with E-state index in [1.54, 1.807) is 37.5 Å². The van der Waals surface area contributed by atoms with Crippen molar-refractivity contribution in [1.82, 2.24) is 5.32 Å². The van der Waals surface area contributed by atoms with E-state index in [2.05, 4.69) is 10.3 Å². The molecule has 1 aromatic heterocycles. The lowest BCUT2D eigenvalue weighted by Crippen LogP contribution is -2.19. The molecule has 0 unspecified atom stereocenters. The third-order valence-corrected chi connectivity index (χ3v) is 5.68. The minimum absolute atomic E-state index is 0.141. The molecule has 1 aliphatic rings. The Morgan fingerprint density at radius 3 is 2.67 bits per heavy atom. The number of carbonyl (C=O) groups excluding carboxylic acids is 1. The van der Waals surface area contributed by atoms with Crippen LogP contribution in [0.4, 0.5) is 11.4 Å². The molecule has 4 rings (SSSR count). The SMILES string of the molecule is COc1ccc(-c2ccc(/C=C3\SC(=Nc4cc(C)ccc4OC)NC3=O)o2)c([N+](=O)[O-])c1. The van der Waals surface area contributed by atoms with Crippen molar-refractivity contribution in [2.24, 2.45) is 4.99 Å². The molecule has 1 amide bonds. The number of aliphatic imine (C=N–C) groups is 1. The lowest BCUT2D eigenvalue weighted by atomic mass is 10.1. The number of carbonyl (C=O) groups is 1. The van der Waals surface area contributed by atoms with Gasteiger partial charge in [-0.25, -0.2) is 4.99 Å². The minimum Gasteiger partial charge on any atom is -0.497 e. The van der Waals surface area contributed by atoms with Crippen molar-refractivity contribution in [1.29, 1.82) is 0 Å². The lowest BCUT2D eigenvalue weighted by Gasteiger charge is -2.05. The van der Waals surface area contributed by atoms with Crippen LogP contribution in [0.25, 0.3) is 17.4 Å². The number of benzene rings is 2. The molecule has 0 aliphatic carbocycles. The van der Waals surface area contributed by atoms with Gasteiger partial charge in [0.1, 0.15) is 28.7 Å². The van der Waals surface area contributed by atoms with E-state index in [4.69, 9.17) is 13.9 Å². The van der Waals surface area contributed by atoms with Crippen LogP contribution in [0.3, 0.4) is 0 Å². The van der Waals surface area contributed by atoms with Gasteiger partial charge in [-0.3, -0.25) is 14.9 Å². The Hall–Kier alpha value is -4.05. The van der Waals surface area contributed by atoms with Crippen LogP contribution in [0.5, 0.6) is 11.5 Å². The Morgan fingerprint density at radius 1 is 1.12 bits per heavy atom. The van der Waals surface area contributed by atoms with Gasteiger partial charge in [0.25, 0.3) is 11.6 Å². The third kappa shape index (κ3) is 4.75. The van der Waals surface area contributed by atoms with E-state index in [1.807, 2.05) is 25.1 Å². The van der Waals surface area contributed by atoms with E-state index in [0.717, 1.165) is 17.3 Å². The summed E-state index contributed by atoms with van der Waals surface area (Å²) in [5.74, 6) is 1.33. The lowest BCUT2D eigenvalue weighted by molar-refractivity contribution is -0.384. The molecule has 0 spiro atoms. The van der Waals surface area contributed by atoms with Gasteiger partial charge in [-0.05, 0) is 60.6 Å². The molecule has 0 saturated carbocycles. The predicted molar refractivity (Wildman–Crippen MR) is 126 cm³/mol. The smallest absolute Gasteiger partial charge is 0.284 e. The highest BCUT2D eigenvalue weighted by Gasteiger charge is 2.25. The Labute approximate surface area is 193 Å². The van der Waals surface area contributed by atoms with Gasteiger partial charge < -0.3 is 19.2 Å². The van der Waals surface area contributed by atoms with Crippen molar-refractivity contribution >= 4 is 40.3 Å². The number of amides is 1. The zero-order valence-corrected chi connectivity index (χ0v) is 18.8. The number of nitrogens with one attached hydrogen (secondary N) is 1. The van der Waals surface area contributed by atoms with Crippen LogP contribution < -0.4 is 14.8 Å². The number of hydrogen-bond acceptors (Lipinski definition) is 8. The second-order valence-corrected chi connectivity index (χ2v) is 8.03. The van der Waals surface area contributed by atoms with Crippen LogP contribution in [-0.4, -0.2) is 30.2 Å². The molecule has 2 heterocycles. The molecule has 33 heavy (non-hydrogen) atoms. The molecule has 0 bridgehead atoms. The number of furan rings is 1. The summed E-state index contributed by atoms with van der Waals surface area (Å²) in [6.45, 7) is 1.94. The van der Waals surface area contributed by atoms with Crippen LogP contribution in [0.2, 0.25) is 0 Å². The van der Waals surface area contributed by atoms with Crippen LogP contribution in [0.1, 0.15) is 11.3 Å². The molecule has 1 N–H and O–H groups in total. The molecule has 168 valence electrons.